The fourth-order valence-electron chi connectivity index (χ4n) is 1.49. The first-order valence-electron chi connectivity index (χ1n) is 5.87. The van der Waals surface area contributed by atoms with Gasteiger partial charge in [-0.15, -0.1) is 0 Å². The van der Waals surface area contributed by atoms with Gasteiger partial charge in [0.1, 0.15) is 5.82 Å². The molecule has 1 N–H and O–H groups in total. The van der Waals surface area contributed by atoms with Gasteiger partial charge in [-0.1, -0.05) is 0 Å². The monoisotopic (exact) mass is 317 g/mol. The zero-order valence-corrected chi connectivity index (χ0v) is 11.9. The maximum atomic E-state index is 13.0. The number of methoxy groups -OCH3 is 1. The van der Waals surface area contributed by atoms with Gasteiger partial charge in [0.15, 0.2) is 0 Å². The van der Waals surface area contributed by atoms with E-state index < -0.39 is 0 Å². The Kier molecular flexibility index (Phi) is 6.90. The topological polar surface area (TPSA) is 38.3 Å². The number of benzene rings is 1. The molecule has 0 fully saturated rings. The lowest BCUT2D eigenvalue weighted by atomic mass is 10.2. The van der Waals surface area contributed by atoms with Crippen LogP contribution in [0.1, 0.15) is 29.6 Å². The molecule has 3 nitrogen and oxygen atoms in total. The molecular formula is C13H17BrFNO2. The first-order chi connectivity index (χ1) is 8.65. The average Bonchev–Trinajstić information content (AvgIpc) is 2.36. The fraction of sp³-hybridized carbons (Fsp3) is 0.462. The molecule has 1 amide bonds. The molecule has 0 aromatic heterocycles. The molecule has 0 spiro atoms. The van der Waals surface area contributed by atoms with Crippen LogP contribution in [-0.2, 0) is 4.74 Å². The second-order valence-electron chi connectivity index (χ2n) is 3.94. The van der Waals surface area contributed by atoms with Gasteiger partial charge in [0, 0.05) is 25.8 Å². The fourth-order valence-corrected chi connectivity index (χ4v) is 1.87. The molecule has 0 atom stereocenters. The summed E-state index contributed by atoms with van der Waals surface area (Å²) in [6.07, 6.45) is 2.92. The molecule has 0 heterocycles. The average molecular weight is 318 g/mol. The zero-order valence-electron chi connectivity index (χ0n) is 10.3. The molecule has 0 saturated heterocycles. The lowest BCUT2D eigenvalue weighted by molar-refractivity contribution is 0.0952. The van der Waals surface area contributed by atoms with Crippen LogP contribution >= 0.6 is 15.9 Å². The predicted molar refractivity (Wildman–Crippen MR) is 72.2 cm³/mol. The number of hydrogen-bond donors (Lipinski definition) is 1. The minimum atomic E-state index is -0.369. The normalized spacial score (nSPS) is 10.4. The van der Waals surface area contributed by atoms with Gasteiger partial charge in [-0.05, 0) is 53.4 Å². The minimum Gasteiger partial charge on any atom is -0.385 e. The third kappa shape index (κ3) is 5.14. The van der Waals surface area contributed by atoms with Crippen molar-refractivity contribution in [1.82, 2.24) is 5.32 Å². The quantitative estimate of drug-likeness (QED) is 0.785. The van der Waals surface area contributed by atoms with Crippen LogP contribution in [0.25, 0.3) is 0 Å². The van der Waals surface area contributed by atoms with Gasteiger partial charge in [-0.25, -0.2) is 4.39 Å². The van der Waals surface area contributed by atoms with Gasteiger partial charge in [0.2, 0.25) is 0 Å². The molecule has 0 radical (unpaired) electrons. The van der Waals surface area contributed by atoms with Crippen molar-refractivity contribution in [2.45, 2.75) is 19.3 Å². The van der Waals surface area contributed by atoms with Gasteiger partial charge in [-0.3, -0.25) is 4.79 Å². The lowest BCUT2D eigenvalue weighted by Crippen LogP contribution is -2.24. The van der Waals surface area contributed by atoms with E-state index in [1.165, 1.54) is 18.2 Å². The van der Waals surface area contributed by atoms with Crippen LogP contribution in [0, 0.1) is 5.82 Å². The van der Waals surface area contributed by atoms with E-state index in [4.69, 9.17) is 4.74 Å². The number of ether oxygens (including phenoxy) is 1. The maximum absolute atomic E-state index is 13.0. The van der Waals surface area contributed by atoms with Crippen molar-refractivity contribution in [1.29, 1.82) is 0 Å². The van der Waals surface area contributed by atoms with Crippen LogP contribution < -0.4 is 5.32 Å². The Bertz CT molecular complexity index is 399. The maximum Gasteiger partial charge on any atom is 0.251 e. The number of carbonyl (C=O) groups excluding carboxylic acids is 1. The highest BCUT2D eigenvalue weighted by Gasteiger charge is 2.07. The second-order valence-corrected chi connectivity index (χ2v) is 4.79. The van der Waals surface area contributed by atoms with Crippen LogP contribution in [0.15, 0.2) is 22.7 Å². The van der Waals surface area contributed by atoms with E-state index in [2.05, 4.69) is 21.2 Å². The molecule has 1 aromatic rings. The molecular weight excluding hydrogens is 301 g/mol. The van der Waals surface area contributed by atoms with Gasteiger partial charge < -0.3 is 10.1 Å². The van der Waals surface area contributed by atoms with Crippen molar-refractivity contribution in [3.63, 3.8) is 0 Å². The summed E-state index contributed by atoms with van der Waals surface area (Å²) in [4.78, 5) is 11.7. The van der Waals surface area contributed by atoms with Crippen molar-refractivity contribution in [3.8, 4) is 0 Å². The summed E-state index contributed by atoms with van der Waals surface area (Å²) < 4.78 is 18.2. The van der Waals surface area contributed by atoms with E-state index in [9.17, 15) is 9.18 Å². The summed E-state index contributed by atoms with van der Waals surface area (Å²) in [7, 11) is 1.67. The van der Waals surface area contributed by atoms with Crippen molar-refractivity contribution in [2.75, 3.05) is 20.3 Å². The molecule has 100 valence electrons. The van der Waals surface area contributed by atoms with Gasteiger partial charge in [-0.2, -0.15) is 0 Å². The highest BCUT2D eigenvalue weighted by atomic mass is 79.9. The van der Waals surface area contributed by atoms with Crippen LogP contribution in [0.4, 0.5) is 4.39 Å². The SMILES string of the molecule is COCCCCCNC(=O)c1ccc(F)c(Br)c1. The summed E-state index contributed by atoms with van der Waals surface area (Å²) in [5.74, 6) is -0.548. The summed E-state index contributed by atoms with van der Waals surface area (Å²) in [6.45, 7) is 1.37. The van der Waals surface area contributed by atoms with Crippen LogP contribution in [0.3, 0.4) is 0 Å². The highest BCUT2D eigenvalue weighted by Crippen LogP contribution is 2.16. The summed E-state index contributed by atoms with van der Waals surface area (Å²) in [6, 6.07) is 4.23. The third-order valence-electron chi connectivity index (χ3n) is 2.49. The first-order valence-corrected chi connectivity index (χ1v) is 6.66. The van der Waals surface area contributed by atoms with Crippen molar-refractivity contribution < 1.29 is 13.9 Å². The number of amides is 1. The van der Waals surface area contributed by atoms with E-state index in [1.807, 2.05) is 0 Å². The predicted octanol–water partition coefficient (Wildman–Crippen LogP) is 3.13. The summed E-state index contributed by atoms with van der Waals surface area (Å²) in [5.41, 5.74) is 0.458. The first kappa shape index (κ1) is 15.1. The van der Waals surface area contributed by atoms with E-state index >= 15 is 0 Å². The molecule has 0 aliphatic rings. The molecule has 0 bridgehead atoms. The molecule has 18 heavy (non-hydrogen) atoms. The third-order valence-corrected chi connectivity index (χ3v) is 3.10. The summed E-state index contributed by atoms with van der Waals surface area (Å²) in [5, 5.41) is 2.80. The molecule has 0 saturated carbocycles. The Balaban J connectivity index is 2.30. The number of halogens is 2. The zero-order chi connectivity index (χ0) is 13.4. The smallest absolute Gasteiger partial charge is 0.251 e. The van der Waals surface area contributed by atoms with Crippen LogP contribution in [0.2, 0.25) is 0 Å². The van der Waals surface area contributed by atoms with Crippen LogP contribution in [-0.4, -0.2) is 26.2 Å². The van der Waals surface area contributed by atoms with Gasteiger partial charge >= 0.3 is 0 Å². The van der Waals surface area contributed by atoms with E-state index in [1.54, 1.807) is 7.11 Å². The highest BCUT2D eigenvalue weighted by molar-refractivity contribution is 9.10. The summed E-state index contributed by atoms with van der Waals surface area (Å²) >= 11 is 3.06. The standard InChI is InChI=1S/C13H17BrFNO2/c1-18-8-4-2-3-7-16-13(17)10-5-6-12(15)11(14)9-10/h5-6,9H,2-4,7-8H2,1H3,(H,16,17). The Labute approximate surface area is 115 Å². The molecule has 1 aromatic carbocycles. The Morgan fingerprint density at radius 2 is 2.17 bits per heavy atom. The number of unbranched alkanes of at least 4 members (excludes halogenated alkanes) is 2. The Morgan fingerprint density at radius 3 is 2.83 bits per heavy atom. The molecule has 0 aliphatic heterocycles. The van der Waals surface area contributed by atoms with Crippen molar-refractivity contribution >= 4 is 21.8 Å². The number of hydrogen-bond acceptors (Lipinski definition) is 2. The number of nitrogens with one attached hydrogen (secondary N) is 1. The van der Waals surface area contributed by atoms with E-state index in [-0.39, 0.29) is 11.7 Å². The van der Waals surface area contributed by atoms with Crippen molar-refractivity contribution in [3.05, 3.63) is 34.1 Å². The van der Waals surface area contributed by atoms with Gasteiger partial charge in [0.05, 0.1) is 4.47 Å². The largest absolute Gasteiger partial charge is 0.385 e. The van der Waals surface area contributed by atoms with Crippen LogP contribution in [0.5, 0.6) is 0 Å². The Morgan fingerprint density at radius 1 is 1.39 bits per heavy atom. The van der Waals surface area contributed by atoms with E-state index in [0.717, 1.165) is 25.9 Å². The van der Waals surface area contributed by atoms with Crippen molar-refractivity contribution in [2.24, 2.45) is 0 Å². The molecule has 1 rings (SSSR count). The lowest BCUT2D eigenvalue weighted by Gasteiger charge is -2.06. The molecule has 5 heteroatoms. The number of rotatable bonds is 7. The van der Waals surface area contributed by atoms with E-state index in [0.29, 0.717) is 16.6 Å². The molecule has 0 aliphatic carbocycles. The minimum absolute atomic E-state index is 0.178. The number of carbonyl (C=O) groups is 1. The molecule has 0 unspecified atom stereocenters. The second kappa shape index (κ2) is 8.21. The Hall–Kier alpha value is -0.940. The van der Waals surface area contributed by atoms with Gasteiger partial charge in [0.25, 0.3) is 5.91 Å².